The third kappa shape index (κ3) is 4.20. The van der Waals surface area contributed by atoms with Gasteiger partial charge in [0, 0.05) is 28.0 Å². The van der Waals surface area contributed by atoms with Crippen molar-refractivity contribution in [1.82, 2.24) is 24.5 Å². The standard InChI is InChI=1S/C35H23N5S/c1-3-11-23(12-4-1)32-37-33(24-13-5-2-6-14-24)39-34(38-32)26-17-9-16-25(21-26)28-18-10-19-29-31(28)40-30-20-8-7-15-27(30)22-41-35(40)36-29/h1-21H,22H2. The number of rotatable bonds is 4. The first kappa shape index (κ1) is 23.8. The van der Waals surface area contributed by atoms with Gasteiger partial charge in [0.05, 0.1) is 16.7 Å². The van der Waals surface area contributed by atoms with Crippen LogP contribution in [-0.4, -0.2) is 24.5 Å². The topological polar surface area (TPSA) is 56.5 Å². The van der Waals surface area contributed by atoms with Gasteiger partial charge in [-0.15, -0.1) is 0 Å². The molecular formula is C35H23N5S. The highest BCUT2D eigenvalue weighted by Crippen LogP contribution is 2.40. The van der Waals surface area contributed by atoms with E-state index in [1.807, 2.05) is 60.7 Å². The Bertz CT molecular complexity index is 1990. The van der Waals surface area contributed by atoms with Gasteiger partial charge >= 0.3 is 0 Å². The van der Waals surface area contributed by atoms with Crippen molar-refractivity contribution in [1.29, 1.82) is 0 Å². The van der Waals surface area contributed by atoms with Crippen LogP contribution >= 0.6 is 11.8 Å². The van der Waals surface area contributed by atoms with Gasteiger partial charge in [-0.05, 0) is 29.3 Å². The minimum absolute atomic E-state index is 0.642. The Kier molecular flexibility index (Phi) is 5.71. The molecule has 5 aromatic carbocycles. The Morgan fingerprint density at radius 2 is 1.10 bits per heavy atom. The van der Waals surface area contributed by atoms with Crippen LogP contribution < -0.4 is 0 Å². The maximum atomic E-state index is 5.00. The average molecular weight is 546 g/mol. The molecule has 8 rings (SSSR count). The molecule has 194 valence electrons. The monoisotopic (exact) mass is 545 g/mol. The SMILES string of the molecule is c1ccc(-c2nc(-c3ccccc3)nc(-c3cccc(-c4cccc5nc6n(c45)-c4ccccc4CS6)c3)n2)cc1. The van der Waals surface area contributed by atoms with Crippen molar-refractivity contribution >= 4 is 22.8 Å². The number of benzene rings is 5. The summed E-state index contributed by atoms with van der Waals surface area (Å²) in [6.45, 7) is 0. The summed E-state index contributed by atoms with van der Waals surface area (Å²) in [5, 5.41) is 1.03. The fourth-order valence-corrected chi connectivity index (χ4v) is 6.43. The van der Waals surface area contributed by atoms with E-state index in [0.29, 0.717) is 17.5 Å². The summed E-state index contributed by atoms with van der Waals surface area (Å²) in [5.74, 6) is 2.88. The van der Waals surface area contributed by atoms with E-state index in [1.54, 1.807) is 11.8 Å². The van der Waals surface area contributed by atoms with Crippen molar-refractivity contribution in [2.75, 3.05) is 0 Å². The molecule has 1 aliphatic heterocycles. The van der Waals surface area contributed by atoms with Gasteiger partial charge in [0.15, 0.2) is 22.6 Å². The number of para-hydroxylation sites is 2. The second kappa shape index (κ2) is 9.84. The minimum Gasteiger partial charge on any atom is -0.286 e. The lowest BCUT2D eigenvalue weighted by molar-refractivity contribution is 0.895. The van der Waals surface area contributed by atoms with E-state index in [2.05, 4.69) is 71.3 Å². The van der Waals surface area contributed by atoms with Crippen LogP contribution in [0.2, 0.25) is 0 Å². The summed E-state index contributed by atoms with van der Waals surface area (Å²) in [5.41, 5.74) is 9.68. The molecule has 0 saturated carbocycles. The van der Waals surface area contributed by atoms with Gasteiger partial charge in [-0.3, -0.25) is 4.57 Å². The molecule has 1 aliphatic rings. The molecule has 0 unspecified atom stereocenters. The van der Waals surface area contributed by atoms with E-state index in [4.69, 9.17) is 19.9 Å². The lowest BCUT2D eigenvalue weighted by Gasteiger charge is -2.19. The summed E-state index contributed by atoms with van der Waals surface area (Å²) in [7, 11) is 0. The van der Waals surface area contributed by atoms with E-state index in [-0.39, 0.29) is 0 Å². The van der Waals surface area contributed by atoms with E-state index in [9.17, 15) is 0 Å². The molecule has 0 radical (unpaired) electrons. The van der Waals surface area contributed by atoms with Gasteiger partial charge < -0.3 is 0 Å². The Morgan fingerprint density at radius 3 is 1.83 bits per heavy atom. The Balaban J connectivity index is 1.31. The van der Waals surface area contributed by atoms with Gasteiger partial charge in [0.2, 0.25) is 0 Å². The largest absolute Gasteiger partial charge is 0.286 e. The minimum atomic E-state index is 0.642. The summed E-state index contributed by atoms with van der Waals surface area (Å²) in [6, 6.07) is 43.6. The first-order valence-corrected chi connectivity index (χ1v) is 14.5. The van der Waals surface area contributed by atoms with Gasteiger partial charge in [0.1, 0.15) is 0 Å². The highest BCUT2D eigenvalue weighted by atomic mass is 32.2. The number of aromatic nitrogens is 5. The fraction of sp³-hybridized carbons (Fsp3) is 0.0286. The third-order valence-corrected chi connectivity index (χ3v) is 8.35. The Morgan fingerprint density at radius 1 is 0.512 bits per heavy atom. The molecule has 0 saturated heterocycles. The number of imidazole rings is 1. The predicted molar refractivity (Wildman–Crippen MR) is 166 cm³/mol. The van der Waals surface area contributed by atoms with Crippen LogP contribution in [0.25, 0.3) is 62.0 Å². The molecule has 0 bridgehead atoms. The fourth-order valence-electron chi connectivity index (χ4n) is 5.42. The number of fused-ring (bicyclic) bond motifs is 5. The van der Waals surface area contributed by atoms with Crippen molar-refractivity contribution in [2.24, 2.45) is 0 Å². The smallest absolute Gasteiger partial charge is 0.174 e. The van der Waals surface area contributed by atoms with Crippen LogP contribution in [0.4, 0.5) is 0 Å². The van der Waals surface area contributed by atoms with Gasteiger partial charge in [-0.1, -0.05) is 121 Å². The van der Waals surface area contributed by atoms with Crippen LogP contribution in [0, 0.1) is 0 Å². The van der Waals surface area contributed by atoms with E-state index >= 15 is 0 Å². The van der Waals surface area contributed by atoms with Gasteiger partial charge in [0.25, 0.3) is 0 Å². The van der Waals surface area contributed by atoms with Crippen molar-refractivity contribution in [2.45, 2.75) is 10.9 Å². The van der Waals surface area contributed by atoms with Crippen LogP contribution in [0.3, 0.4) is 0 Å². The molecule has 41 heavy (non-hydrogen) atoms. The number of nitrogens with zero attached hydrogens (tertiary/aromatic N) is 5. The van der Waals surface area contributed by atoms with Crippen molar-refractivity contribution in [3.05, 3.63) is 133 Å². The number of thioether (sulfide) groups is 1. The molecule has 0 amide bonds. The zero-order valence-corrected chi connectivity index (χ0v) is 22.8. The molecule has 0 fully saturated rings. The van der Waals surface area contributed by atoms with Crippen LogP contribution in [0.5, 0.6) is 0 Å². The van der Waals surface area contributed by atoms with Gasteiger partial charge in [-0.2, -0.15) is 0 Å². The lowest BCUT2D eigenvalue weighted by atomic mass is 10.0. The zero-order valence-electron chi connectivity index (χ0n) is 22.0. The molecule has 3 heterocycles. The highest BCUT2D eigenvalue weighted by molar-refractivity contribution is 7.98. The number of hydrogen-bond acceptors (Lipinski definition) is 5. The molecule has 0 spiro atoms. The molecule has 6 heteroatoms. The van der Waals surface area contributed by atoms with E-state index in [0.717, 1.165) is 49.8 Å². The van der Waals surface area contributed by atoms with Crippen LogP contribution in [0.15, 0.2) is 133 Å². The molecule has 5 nitrogen and oxygen atoms in total. The first-order valence-electron chi connectivity index (χ1n) is 13.5. The third-order valence-electron chi connectivity index (χ3n) is 7.37. The summed E-state index contributed by atoms with van der Waals surface area (Å²) < 4.78 is 2.31. The van der Waals surface area contributed by atoms with Crippen LogP contribution in [-0.2, 0) is 5.75 Å². The van der Waals surface area contributed by atoms with Crippen LogP contribution in [0.1, 0.15) is 5.56 Å². The van der Waals surface area contributed by atoms with Gasteiger partial charge in [-0.25, -0.2) is 19.9 Å². The Labute approximate surface area is 241 Å². The highest BCUT2D eigenvalue weighted by Gasteiger charge is 2.23. The van der Waals surface area contributed by atoms with Crippen molar-refractivity contribution < 1.29 is 0 Å². The van der Waals surface area contributed by atoms with E-state index < -0.39 is 0 Å². The molecular weight excluding hydrogens is 522 g/mol. The molecule has 7 aromatic rings. The molecule has 0 N–H and O–H groups in total. The molecule has 2 aromatic heterocycles. The molecule has 0 aliphatic carbocycles. The Hall–Kier alpha value is -5.07. The quantitative estimate of drug-likeness (QED) is 0.222. The normalized spacial score (nSPS) is 12.2. The first-order chi connectivity index (χ1) is 20.3. The summed E-state index contributed by atoms with van der Waals surface area (Å²) in [4.78, 5) is 19.7. The number of hydrogen-bond donors (Lipinski definition) is 0. The summed E-state index contributed by atoms with van der Waals surface area (Å²) >= 11 is 1.78. The second-order valence-electron chi connectivity index (χ2n) is 9.94. The maximum absolute atomic E-state index is 5.00. The van der Waals surface area contributed by atoms with Crippen molar-refractivity contribution in [3.63, 3.8) is 0 Å². The average Bonchev–Trinajstić information content (AvgIpc) is 3.45. The lowest BCUT2D eigenvalue weighted by Crippen LogP contribution is -2.06. The maximum Gasteiger partial charge on any atom is 0.174 e. The summed E-state index contributed by atoms with van der Waals surface area (Å²) in [6.07, 6.45) is 0. The molecule has 0 atom stereocenters. The van der Waals surface area contributed by atoms with E-state index in [1.165, 1.54) is 11.3 Å². The second-order valence-corrected chi connectivity index (χ2v) is 10.9. The van der Waals surface area contributed by atoms with Crippen molar-refractivity contribution in [3.8, 4) is 51.0 Å². The predicted octanol–water partition coefficient (Wildman–Crippen LogP) is 8.48. The zero-order chi connectivity index (χ0) is 27.2.